The molecule has 0 spiro atoms. The van der Waals surface area contributed by atoms with Gasteiger partial charge in [0, 0.05) is 27.7 Å². The fraction of sp³-hybridized carbons (Fsp3) is 0.647. The summed E-state index contributed by atoms with van der Waals surface area (Å²) in [4.78, 5) is 0. The highest BCUT2D eigenvalue weighted by molar-refractivity contribution is 7.86. The van der Waals surface area contributed by atoms with Gasteiger partial charge in [-0.25, -0.2) is 0 Å². The molecule has 2 unspecified atom stereocenters. The third-order valence-electron chi connectivity index (χ3n) is 4.86. The molecule has 0 aliphatic carbocycles. The minimum Gasteiger partial charge on any atom is -0.389 e. The Morgan fingerprint density at radius 3 is 2.25 bits per heavy atom. The van der Waals surface area contributed by atoms with Gasteiger partial charge in [-0.15, -0.1) is 0 Å². The van der Waals surface area contributed by atoms with E-state index >= 15 is 0 Å². The molecule has 2 atom stereocenters. The Hall–Kier alpha value is -0.670. The van der Waals surface area contributed by atoms with E-state index in [2.05, 4.69) is 38.1 Å². The molecule has 110 valence electrons. The molecule has 2 heterocycles. The zero-order chi connectivity index (χ0) is 14.3. The predicted octanol–water partition coefficient (Wildman–Crippen LogP) is 3.16. The average Bonchev–Trinajstić information content (AvgIpc) is 2.62. The van der Waals surface area contributed by atoms with Crippen LogP contribution in [-0.4, -0.2) is 25.4 Å². The van der Waals surface area contributed by atoms with E-state index in [1.807, 2.05) is 0 Å². The van der Waals surface area contributed by atoms with Gasteiger partial charge in [0.15, 0.2) is 0 Å². The fourth-order valence-corrected chi connectivity index (χ4v) is 5.95. The van der Waals surface area contributed by atoms with E-state index in [-0.39, 0.29) is 10.5 Å². The van der Waals surface area contributed by atoms with Crippen molar-refractivity contribution in [2.24, 2.45) is 0 Å². The first kappa shape index (κ1) is 14.3. The summed E-state index contributed by atoms with van der Waals surface area (Å²) in [5.41, 5.74) is 1.90. The highest BCUT2D eigenvalue weighted by Gasteiger charge is 2.47. The number of rotatable bonds is 3. The van der Waals surface area contributed by atoms with Gasteiger partial charge in [0.2, 0.25) is 0 Å². The number of hydrogen-bond acceptors (Lipinski definition) is 2. The maximum Gasteiger partial charge on any atom is 0.0710 e. The molecule has 0 radical (unpaired) electrons. The van der Waals surface area contributed by atoms with Crippen molar-refractivity contribution in [2.75, 3.05) is 0 Å². The number of aliphatic hydroxyl groups is 1. The van der Waals surface area contributed by atoms with Crippen molar-refractivity contribution in [1.82, 2.24) is 0 Å². The van der Waals surface area contributed by atoms with E-state index in [0.717, 1.165) is 12.8 Å². The summed E-state index contributed by atoms with van der Waals surface area (Å²) < 4.78 is 12.0. The molecule has 2 aliphatic heterocycles. The lowest BCUT2D eigenvalue weighted by atomic mass is 9.86. The van der Waals surface area contributed by atoms with Crippen LogP contribution < -0.4 is 0 Å². The van der Waals surface area contributed by atoms with Crippen LogP contribution in [0.25, 0.3) is 0 Å². The molecule has 2 nitrogen and oxygen atoms in total. The van der Waals surface area contributed by atoms with Crippen LogP contribution in [0, 0.1) is 0 Å². The lowest BCUT2D eigenvalue weighted by Crippen LogP contribution is -2.44. The minimum absolute atomic E-state index is 0.230. The molecule has 2 aliphatic rings. The molecule has 20 heavy (non-hydrogen) atoms. The molecule has 1 N–H and O–H groups in total. The molecule has 1 aromatic rings. The zero-order valence-corrected chi connectivity index (χ0v) is 13.2. The van der Waals surface area contributed by atoms with Crippen molar-refractivity contribution >= 4 is 10.8 Å². The molecule has 0 aromatic heterocycles. The van der Waals surface area contributed by atoms with E-state index in [0.29, 0.717) is 25.2 Å². The zero-order valence-electron chi connectivity index (χ0n) is 12.3. The molecule has 3 rings (SSSR count). The van der Waals surface area contributed by atoms with E-state index in [4.69, 9.17) is 0 Å². The highest BCUT2D eigenvalue weighted by atomic mass is 32.2. The summed E-state index contributed by atoms with van der Waals surface area (Å²) in [6.45, 7) is 4.38. The van der Waals surface area contributed by atoms with Gasteiger partial charge in [-0.05, 0) is 42.7 Å². The minimum atomic E-state index is -0.693. The maximum absolute atomic E-state index is 12.0. The van der Waals surface area contributed by atoms with E-state index in [1.165, 1.54) is 11.1 Å². The SMILES string of the molecule is CC(C)c1ccc(CC2(O)CC3CCC(C2)S3=O)cc1. The van der Waals surface area contributed by atoms with E-state index < -0.39 is 16.4 Å². The Morgan fingerprint density at radius 2 is 1.75 bits per heavy atom. The molecule has 2 bridgehead atoms. The first-order chi connectivity index (χ1) is 9.47. The lowest BCUT2D eigenvalue weighted by molar-refractivity contribution is 0.0230. The molecule has 1 aromatic carbocycles. The third-order valence-corrected chi connectivity index (χ3v) is 6.98. The molecule has 0 saturated carbocycles. The summed E-state index contributed by atoms with van der Waals surface area (Å²) in [6.07, 6.45) is 4.19. The van der Waals surface area contributed by atoms with Gasteiger partial charge in [0.25, 0.3) is 0 Å². The largest absolute Gasteiger partial charge is 0.389 e. The van der Waals surface area contributed by atoms with Crippen molar-refractivity contribution in [3.05, 3.63) is 35.4 Å². The standard InChI is InChI=1S/C17H24O2S/c1-12(2)14-5-3-13(4-6-14)9-17(18)10-15-7-8-16(11-17)20(15)19/h3-6,12,15-16,18H,7-11H2,1-2H3. The predicted molar refractivity (Wildman–Crippen MR) is 83.4 cm³/mol. The first-order valence-electron chi connectivity index (χ1n) is 7.67. The van der Waals surface area contributed by atoms with Crippen molar-refractivity contribution < 1.29 is 9.32 Å². The Labute approximate surface area is 124 Å². The van der Waals surface area contributed by atoms with Gasteiger partial charge < -0.3 is 5.11 Å². The Kier molecular flexibility index (Phi) is 3.76. The monoisotopic (exact) mass is 292 g/mol. The van der Waals surface area contributed by atoms with Gasteiger partial charge in [-0.3, -0.25) is 4.21 Å². The van der Waals surface area contributed by atoms with Crippen molar-refractivity contribution in [3.8, 4) is 0 Å². The van der Waals surface area contributed by atoms with Crippen LogP contribution in [0.5, 0.6) is 0 Å². The second-order valence-corrected chi connectivity index (χ2v) is 8.85. The van der Waals surface area contributed by atoms with Gasteiger partial charge in [0.05, 0.1) is 5.60 Å². The van der Waals surface area contributed by atoms with Crippen LogP contribution in [0.2, 0.25) is 0 Å². The normalized spacial score (nSPS) is 36.5. The average molecular weight is 292 g/mol. The quantitative estimate of drug-likeness (QED) is 0.929. The summed E-state index contributed by atoms with van der Waals surface area (Å²) in [5.74, 6) is 0.542. The summed E-state index contributed by atoms with van der Waals surface area (Å²) in [7, 11) is -0.693. The van der Waals surface area contributed by atoms with E-state index in [1.54, 1.807) is 0 Å². The van der Waals surface area contributed by atoms with Crippen molar-refractivity contribution in [1.29, 1.82) is 0 Å². The molecule has 2 saturated heterocycles. The van der Waals surface area contributed by atoms with Gasteiger partial charge in [0.1, 0.15) is 0 Å². The molecular formula is C17H24O2S. The summed E-state index contributed by atoms with van der Waals surface area (Å²) in [6, 6.07) is 8.61. The van der Waals surface area contributed by atoms with Crippen molar-refractivity contribution in [3.63, 3.8) is 0 Å². The van der Waals surface area contributed by atoms with Gasteiger partial charge >= 0.3 is 0 Å². The number of hydrogen-bond donors (Lipinski definition) is 1. The van der Waals surface area contributed by atoms with Crippen LogP contribution in [-0.2, 0) is 17.2 Å². The first-order valence-corrected chi connectivity index (χ1v) is 8.95. The van der Waals surface area contributed by atoms with Crippen LogP contribution in [0.1, 0.15) is 56.6 Å². The van der Waals surface area contributed by atoms with Gasteiger partial charge in [-0.2, -0.15) is 0 Å². The van der Waals surface area contributed by atoms with E-state index in [9.17, 15) is 9.32 Å². The maximum atomic E-state index is 12.0. The second kappa shape index (κ2) is 5.27. The fourth-order valence-electron chi connectivity index (χ4n) is 3.72. The molecular weight excluding hydrogens is 268 g/mol. The Bertz CT molecular complexity index is 490. The Balaban J connectivity index is 1.72. The highest BCUT2D eigenvalue weighted by Crippen LogP contribution is 2.42. The Morgan fingerprint density at radius 1 is 1.20 bits per heavy atom. The molecule has 2 fully saturated rings. The van der Waals surface area contributed by atoms with Crippen LogP contribution in [0.4, 0.5) is 0 Å². The summed E-state index contributed by atoms with van der Waals surface area (Å²) >= 11 is 0. The topological polar surface area (TPSA) is 37.3 Å². The second-order valence-electron chi connectivity index (χ2n) is 6.86. The lowest BCUT2D eigenvalue weighted by Gasteiger charge is -2.36. The number of fused-ring (bicyclic) bond motifs is 2. The van der Waals surface area contributed by atoms with Gasteiger partial charge in [-0.1, -0.05) is 38.1 Å². The third kappa shape index (κ3) is 2.71. The van der Waals surface area contributed by atoms with Crippen LogP contribution in [0.15, 0.2) is 24.3 Å². The molecule has 0 amide bonds. The summed E-state index contributed by atoms with van der Waals surface area (Å²) in [5, 5.41) is 11.3. The smallest absolute Gasteiger partial charge is 0.0710 e. The van der Waals surface area contributed by atoms with Crippen LogP contribution >= 0.6 is 0 Å². The molecule has 3 heteroatoms. The van der Waals surface area contributed by atoms with Crippen LogP contribution in [0.3, 0.4) is 0 Å². The van der Waals surface area contributed by atoms with Crippen molar-refractivity contribution in [2.45, 2.75) is 68.0 Å². The number of benzene rings is 1.